The second-order valence-electron chi connectivity index (χ2n) is 7.04. The number of methoxy groups -OCH3 is 1. The molecular weight excluding hydrogens is 340 g/mol. The first-order valence-electron chi connectivity index (χ1n) is 10.2. The predicted octanol–water partition coefficient (Wildman–Crippen LogP) is 1.34. The SMILES string of the molecule is CCCCN1CCC(NC)NC1Nc1ccc(OC)c(CNCCNC)c1. The van der Waals surface area contributed by atoms with Gasteiger partial charge in [-0.05, 0) is 45.1 Å². The van der Waals surface area contributed by atoms with Crippen LogP contribution in [0.3, 0.4) is 0 Å². The number of rotatable bonds is 12. The summed E-state index contributed by atoms with van der Waals surface area (Å²) in [6, 6.07) is 6.33. The average molecular weight is 379 g/mol. The molecule has 5 N–H and O–H groups in total. The molecule has 0 amide bonds. The van der Waals surface area contributed by atoms with Crippen molar-refractivity contribution >= 4 is 5.69 Å². The third-order valence-corrected chi connectivity index (χ3v) is 5.03. The van der Waals surface area contributed by atoms with E-state index in [1.54, 1.807) is 7.11 Å². The van der Waals surface area contributed by atoms with Gasteiger partial charge in [0, 0.05) is 44.0 Å². The van der Waals surface area contributed by atoms with E-state index in [-0.39, 0.29) is 6.29 Å². The molecule has 0 radical (unpaired) electrons. The van der Waals surface area contributed by atoms with Gasteiger partial charge in [-0.15, -0.1) is 0 Å². The molecule has 0 aliphatic carbocycles. The normalized spacial score (nSPS) is 20.6. The summed E-state index contributed by atoms with van der Waals surface area (Å²) in [4.78, 5) is 2.49. The third kappa shape index (κ3) is 6.93. The van der Waals surface area contributed by atoms with Crippen LogP contribution in [0.2, 0.25) is 0 Å². The average Bonchev–Trinajstić information content (AvgIpc) is 2.70. The number of ether oxygens (including phenoxy) is 1. The van der Waals surface area contributed by atoms with Crippen molar-refractivity contribution in [3.63, 3.8) is 0 Å². The fraction of sp³-hybridized carbons (Fsp3) is 0.700. The van der Waals surface area contributed by atoms with Crippen molar-refractivity contribution in [3.05, 3.63) is 23.8 Å². The molecule has 1 aromatic rings. The summed E-state index contributed by atoms with van der Waals surface area (Å²) in [7, 11) is 5.71. The second kappa shape index (κ2) is 12.2. The molecule has 1 aliphatic rings. The third-order valence-electron chi connectivity index (χ3n) is 5.03. The van der Waals surface area contributed by atoms with Gasteiger partial charge in [-0.1, -0.05) is 13.3 Å². The molecule has 27 heavy (non-hydrogen) atoms. The number of unbranched alkanes of at least 4 members (excludes halogenated alkanes) is 1. The standard InChI is InChI=1S/C20H38N6O/c1-5-6-12-26-13-9-19(22-3)25-20(26)24-17-7-8-18(27-4)16(14-17)15-23-11-10-21-2/h7-8,14,19-25H,5-6,9-13,15H2,1-4H3. The lowest BCUT2D eigenvalue weighted by atomic mass is 10.1. The first-order valence-corrected chi connectivity index (χ1v) is 10.2. The lowest BCUT2D eigenvalue weighted by Crippen LogP contribution is -2.62. The number of nitrogens with one attached hydrogen (secondary N) is 5. The summed E-state index contributed by atoms with van der Waals surface area (Å²) >= 11 is 0. The molecule has 0 saturated carbocycles. The van der Waals surface area contributed by atoms with Crippen LogP contribution in [0.15, 0.2) is 18.2 Å². The molecule has 1 fully saturated rings. The van der Waals surface area contributed by atoms with E-state index in [0.29, 0.717) is 6.17 Å². The van der Waals surface area contributed by atoms with Gasteiger partial charge in [0.15, 0.2) is 0 Å². The number of benzene rings is 1. The van der Waals surface area contributed by atoms with Crippen molar-refractivity contribution in [2.24, 2.45) is 0 Å². The Morgan fingerprint density at radius 1 is 1.26 bits per heavy atom. The van der Waals surface area contributed by atoms with E-state index < -0.39 is 0 Å². The molecule has 2 atom stereocenters. The molecule has 7 heteroatoms. The molecule has 154 valence electrons. The number of likely N-dealkylation sites (N-methyl/N-ethyl adjacent to an activating group) is 1. The van der Waals surface area contributed by atoms with Crippen LogP contribution in [0.1, 0.15) is 31.7 Å². The Kier molecular flexibility index (Phi) is 9.86. The first kappa shape index (κ1) is 21.9. The smallest absolute Gasteiger partial charge is 0.136 e. The minimum absolute atomic E-state index is 0.126. The lowest BCUT2D eigenvalue weighted by Gasteiger charge is -2.41. The number of hydrogen-bond acceptors (Lipinski definition) is 7. The van der Waals surface area contributed by atoms with Gasteiger partial charge in [-0.25, -0.2) is 0 Å². The summed E-state index contributed by atoms with van der Waals surface area (Å²) in [5.74, 6) is 0.921. The van der Waals surface area contributed by atoms with Crippen molar-refractivity contribution in [3.8, 4) is 5.75 Å². The van der Waals surface area contributed by atoms with Gasteiger partial charge < -0.3 is 26.0 Å². The zero-order chi connectivity index (χ0) is 19.5. The van der Waals surface area contributed by atoms with Crippen LogP contribution >= 0.6 is 0 Å². The largest absolute Gasteiger partial charge is 0.496 e. The van der Waals surface area contributed by atoms with Crippen molar-refractivity contribution in [2.45, 2.75) is 45.2 Å². The maximum Gasteiger partial charge on any atom is 0.136 e. The van der Waals surface area contributed by atoms with E-state index in [4.69, 9.17) is 4.74 Å². The highest BCUT2D eigenvalue weighted by atomic mass is 16.5. The molecule has 1 aromatic carbocycles. The Morgan fingerprint density at radius 3 is 2.81 bits per heavy atom. The zero-order valence-electron chi connectivity index (χ0n) is 17.4. The van der Waals surface area contributed by atoms with Gasteiger partial charge in [0.1, 0.15) is 12.0 Å². The Bertz CT molecular complexity index is 541. The van der Waals surface area contributed by atoms with Crippen molar-refractivity contribution in [2.75, 3.05) is 52.7 Å². The van der Waals surface area contributed by atoms with E-state index >= 15 is 0 Å². The highest BCUT2D eigenvalue weighted by molar-refractivity contribution is 5.51. The quantitative estimate of drug-likeness (QED) is 0.352. The van der Waals surface area contributed by atoms with Gasteiger partial charge in [0.25, 0.3) is 0 Å². The van der Waals surface area contributed by atoms with Crippen LogP contribution in [-0.4, -0.2) is 64.7 Å². The molecule has 2 rings (SSSR count). The highest BCUT2D eigenvalue weighted by Crippen LogP contribution is 2.24. The molecule has 0 spiro atoms. The zero-order valence-corrected chi connectivity index (χ0v) is 17.4. The van der Waals surface area contributed by atoms with Gasteiger partial charge in [-0.3, -0.25) is 10.2 Å². The van der Waals surface area contributed by atoms with E-state index in [1.807, 2.05) is 20.2 Å². The molecule has 1 aliphatic heterocycles. The van der Waals surface area contributed by atoms with Crippen molar-refractivity contribution < 1.29 is 4.74 Å². The molecule has 7 nitrogen and oxygen atoms in total. The predicted molar refractivity (Wildman–Crippen MR) is 113 cm³/mol. The van der Waals surface area contributed by atoms with Crippen LogP contribution in [0, 0.1) is 0 Å². The number of hydrogen-bond donors (Lipinski definition) is 5. The fourth-order valence-corrected chi connectivity index (χ4v) is 3.37. The topological polar surface area (TPSA) is 72.6 Å². The molecule has 1 saturated heterocycles. The monoisotopic (exact) mass is 378 g/mol. The van der Waals surface area contributed by atoms with Crippen molar-refractivity contribution in [1.29, 1.82) is 0 Å². The van der Waals surface area contributed by atoms with Crippen LogP contribution in [0.25, 0.3) is 0 Å². The Labute approximate surface area is 164 Å². The Balaban J connectivity index is 2.05. The number of anilines is 1. The molecular formula is C20H38N6O. The molecule has 1 heterocycles. The molecule has 2 unspecified atom stereocenters. The lowest BCUT2D eigenvalue weighted by molar-refractivity contribution is 0.111. The van der Waals surface area contributed by atoms with Crippen molar-refractivity contribution in [1.82, 2.24) is 26.2 Å². The van der Waals surface area contributed by atoms with Gasteiger partial charge >= 0.3 is 0 Å². The summed E-state index contributed by atoms with van der Waals surface area (Å²) < 4.78 is 5.54. The highest BCUT2D eigenvalue weighted by Gasteiger charge is 2.26. The minimum Gasteiger partial charge on any atom is -0.496 e. The van der Waals surface area contributed by atoms with Crippen LogP contribution < -0.4 is 31.3 Å². The van der Waals surface area contributed by atoms with Gasteiger partial charge in [0.05, 0.1) is 13.3 Å². The van der Waals surface area contributed by atoms with Crippen LogP contribution in [0.5, 0.6) is 5.75 Å². The molecule has 0 bridgehead atoms. The fourth-order valence-electron chi connectivity index (χ4n) is 3.37. The summed E-state index contributed by atoms with van der Waals surface area (Å²) in [6.07, 6.45) is 4.00. The van der Waals surface area contributed by atoms with Crippen LogP contribution in [0.4, 0.5) is 5.69 Å². The Hall–Kier alpha value is -1.38. The van der Waals surface area contributed by atoms with E-state index in [1.165, 1.54) is 18.4 Å². The van der Waals surface area contributed by atoms with Gasteiger partial charge in [0.2, 0.25) is 0 Å². The summed E-state index contributed by atoms with van der Waals surface area (Å²) in [5, 5.41) is 17.3. The second-order valence-corrected chi connectivity index (χ2v) is 7.04. The van der Waals surface area contributed by atoms with E-state index in [2.05, 4.69) is 50.5 Å². The maximum atomic E-state index is 5.54. The molecule has 0 aromatic heterocycles. The Morgan fingerprint density at radius 2 is 2.11 bits per heavy atom. The number of nitrogens with zero attached hydrogens (tertiary/aromatic N) is 1. The van der Waals surface area contributed by atoms with E-state index in [0.717, 1.165) is 50.6 Å². The summed E-state index contributed by atoms with van der Waals surface area (Å²) in [6.45, 7) is 7.10. The maximum absolute atomic E-state index is 5.54. The first-order chi connectivity index (χ1) is 13.2. The van der Waals surface area contributed by atoms with E-state index in [9.17, 15) is 0 Å². The summed E-state index contributed by atoms with van der Waals surface area (Å²) in [5.41, 5.74) is 2.27. The van der Waals surface area contributed by atoms with Crippen LogP contribution in [-0.2, 0) is 6.54 Å². The minimum atomic E-state index is 0.126. The van der Waals surface area contributed by atoms with Gasteiger partial charge in [-0.2, -0.15) is 0 Å².